The standard InChI is InChI=1S/C15H21BrN2O2/c1-17(2)15(8-5-9-15)10-18(3)12-7-4-6-11(16)13(12)14(19)20/h4,6-7H,5,8-10H2,1-3H3,(H,19,20). The zero-order valence-electron chi connectivity index (χ0n) is 12.2. The second-order valence-electron chi connectivity index (χ2n) is 5.77. The third-order valence-electron chi connectivity index (χ3n) is 4.38. The van der Waals surface area contributed by atoms with Crippen molar-refractivity contribution >= 4 is 27.6 Å². The predicted molar refractivity (Wildman–Crippen MR) is 84.6 cm³/mol. The van der Waals surface area contributed by atoms with Crippen molar-refractivity contribution in [2.24, 2.45) is 0 Å². The smallest absolute Gasteiger partial charge is 0.338 e. The number of carboxylic acid groups (broad SMARTS) is 1. The number of carbonyl (C=O) groups is 1. The van der Waals surface area contributed by atoms with Crippen molar-refractivity contribution in [3.05, 3.63) is 28.2 Å². The van der Waals surface area contributed by atoms with Crippen LogP contribution in [0.25, 0.3) is 0 Å². The number of rotatable bonds is 5. The second-order valence-corrected chi connectivity index (χ2v) is 6.62. The Kier molecular flexibility index (Phi) is 4.39. The molecule has 1 aliphatic carbocycles. The van der Waals surface area contributed by atoms with Gasteiger partial charge in [0.05, 0.1) is 11.3 Å². The molecular formula is C15H21BrN2O2. The molecule has 5 heteroatoms. The van der Waals surface area contributed by atoms with E-state index in [1.54, 1.807) is 6.07 Å². The van der Waals surface area contributed by atoms with Gasteiger partial charge >= 0.3 is 5.97 Å². The molecular weight excluding hydrogens is 320 g/mol. The van der Waals surface area contributed by atoms with Crippen molar-refractivity contribution in [1.82, 2.24) is 4.90 Å². The highest BCUT2D eigenvalue weighted by atomic mass is 79.9. The summed E-state index contributed by atoms with van der Waals surface area (Å²) in [5.74, 6) is -0.896. The predicted octanol–water partition coefficient (Wildman–Crippen LogP) is 3.07. The van der Waals surface area contributed by atoms with Gasteiger partial charge in [0, 0.05) is 23.6 Å². The van der Waals surface area contributed by atoms with Crippen LogP contribution in [0.4, 0.5) is 5.69 Å². The van der Waals surface area contributed by atoms with Gasteiger partial charge in [-0.05, 0) is 61.4 Å². The minimum absolute atomic E-state index is 0.173. The van der Waals surface area contributed by atoms with Gasteiger partial charge in [-0.3, -0.25) is 0 Å². The molecule has 0 heterocycles. The summed E-state index contributed by atoms with van der Waals surface area (Å²) in [5, 5.41) is 9.41. The van der Waals surface area contributed by atoms with Crippen LogP contribution in [-0.4, -0.2) is 49.2 Å². The van der Waals surface area contributed by atoms with Crippen LogP contribution >= 0.6 is 15.9 Å². The first-order valence-corrected chi connectivity index (χ1v) is 7.57. The number of likely N-dealkylation sites (N-methyl/N-ethyl adjacent to an activating group) is 2. The van der Waals surface area contributed by atoms with Crippen molar-refractivity contribution in [2.75, 3.05) is 32.6 Å². The first-order valence-electron chi connectivity index (χ1n) is 6.78. The Morgan fingerprint density at radius 1 is 1.35 bits per heavy atom. The number of hydrogen-bond donors (Lipinski definition) is 1. The van der Waals surface area contributed by atoms with E-state index in [9.17, 15) is 9.90 Å². The lowest BCUT2D eigenvalue weighted by molar-refractivity contribution is 0.0670. The molecule has 1 saturated carbocycles. The van der Waals surface area contributed by atoms with Crippen LogP contribution < -0.4 is 4.90 Å². The minimum atomic E-state index is -0.896. The summed E-state index contributed by atoms with van der Waals surface area (Å²) >= 11 is 3.34. The largest absolute Gasteiger partial charge is 0.478 e. The van der Waals surface area contributed by atoms with E-state index in [0.29, 0.717) is 10.0 Å². The maximum absolute atomic E-state index is 11.5. The summed E-state index contributed by atoms with van der Waals surface area (Å²) in [6.07, 6.45) is 3.58. The van der Waals surface area contributed by atoms with Crippen molar-refractivity contribution in [3.63, 3.8) is 0 Å². The van der Waals surface area contributed by atoms with Crippen molar-refractivity contribution in [1.29, 1.82) is 0 Å². The Balaban J connectivity index is 2.28. The highest BCUT2D eigenvalue weighted by molar-refractivity contribution is 9.10. The monoisotopic (exact) mass is 340 g/mol. The summed E-state index contributed by atoms with van der Waals surface area (Å²) in [4.78, 5) is 15.8. The van der Waals surface area contributed by atoms with E-state index < -0.39 is 5.97 Å². The van der Waals surface area contributed by atoms with Crippen LogP contribution in [0.3, 0.4) is 0 Å². The fourth-order valence-electron chi connectivity index (χ4n) is 2.90. The van der Waals surface area contributed by atoms with Crippen LogP contribution in [0.5, 0.6) is 0 Å². The Morgan fingerprint density at radius 3 is 2.45 bits per heavy atom. The molecule has 0 unspecified atom stereocenters. The summed E-state index contributed by atoms with van der Waals surface area (Å²) in [6.45, 7) is 0.844. The van der Waals surface area contributed by atoms with Crippen molar-refractivity contribution in [3.8, 4) is 0 Å². The first-order chi connectivity index (χ1) is 9.37. The maximum atomic E-state index is 11.5. The third-order valence-corrected chi connectivity index (χ3v) is 5.04. The Hall–Kier alpha value is -1.07. The van der Waals surface area contributed by atoms with E-state index in [2.05, 4.69) is 39.8 Å². The maximum Gasteiger partial charge on any atom is 0.338 e. The van der Waals surface area contributed by atoms with Gasteiger partial charge in [0.25, 0.3) is 0 Å². The highest BCUT2D eigenvalue weighted by Gasteiger charge is 2.40. The van der Waals surface area contributed by atoms with E-state index in [1.807, 2.05) is 19.2 Å². The normalized spacial score (nSPS) is 16.9. The van der Waals surface area contributed by atoms with Gasteiger partial charge in [0.15, 0.2) is 0 Å². The molecule has 0 atom stereocenters. The summed E-state index contributed by atoms with van der Waals surface area (Å²) in [7, 11) is 6.18. The highest BCUT2D eigenvalue weighted by Crippen LogP contribution is 2.38. The van der Waals surface area contributed by atoms with Crippen LogP contribution in [0, 0.1) is 0 Å². The zero-order chi connectivity index (χ0) is 14.9. The van der Waals surface area contributed by atoms with Crippen LogP contribution in [0.15, 0.2) is 22.7 Å². The zero-order valence-corrected chi connectivity index (χ0v) is 13.8. The Morgan fingerprint density at radius 2 is 2.00 bits per heavy atom. The van der Waals surface area contributed by atoms with E-state index in [-0.39, 0.29) is 5.54 Å². The average Bonchev–Trinajstić information content (AvgIpc) is 2.32. The molecule has 1 fully saturated rings. The molecule has 0 aliphatic heterocycles. The molecule has 110 valence electrons. The number of carboxylic acids is 1. The number of aromatic carboxylic acids is 1. The fraction of sp³-hybridized carbons (Fsp3) is 0.533. The molecule has 1 aromatic carbocycles. The minimum Gasteiger partial charge on any atom is -0.478 e. The number of halogens is 1. The van der Waals surface area contributed by atoms with Gasteiger partial charge in [0.1, 0.15) is 0 Å². The van der Waals surface area contributed by atoms with E-state index in [4.69, 9.17) is 0 Å². The molecule has 0 spiro atoms. The summed E-state index contributed by atoms with van der Waals surface area (Å²) in [6, 6.07) is 5.52. The SMILES string of the molecule is CN(CC1(N(C)C)CCC1)c1cccc(Br)c1C(=O)O. The molecule has 4 nitrogen and oxygen atoms in total. The van der Waals surface area contributed by atoms with Gasteiger partial charge in [-0.2, -0.15) is 0 Å². The molecule has 20 heavy (non-hydrogen) atoms. The lowest BCUT2D eigenvalue weighted by Gasteiger charge is -2.49. The van der Waals surface area contributed by atoms with Crippen LogP contribution in [0.1, 0.15) is 29.6 Å². The molecule has 0 bridgehead atoms. The Bertz CT molecular complexity index is 513. The molecule has 1 N–H and O–H groups in total. The number of hydrogen-bond acceptors (Lipinski definition) is 3. The number of anilines is 1. The molecule has 1 aromatic rings. The van der Waals surface area contributed by atoms with E-state index >= 15 is 0 Å². The van der Waals surface area contributed by atoms with E-state index in [0.717, 1.165) is 12.2 Å². The van der Waals surface area contributed by atoms with E-state index in [1.165, 1.54) is 19.3 Å². The summed E-state index contributed by atoms with van der Waals surface area (Å²) in [5.41, 5.74) is 1.27. The van der Waals surface area contributed by atoms with Gasteiger partial charge in [-0.25, -0.2) is 4.79 Å². The number of benzene rings is 1. The lowest BCUT2D eigenvalue weighted by atomic mass is 9.75. The molecule has 1 aliphatic rings. The van der Waals surface area contributed by atoms with Crippen molar-refractivity contribution in [2.45, 2.75) is 24.8 Å². The fourth-order valence-corrected chi connectivity index (χ4v) is 3.43. The molecule has 0 amide bonds. The van der Waals surface area contributed by atoms with Gasteiger partial charge in [-0.1, -0.05) is 6.07 Å². The molecule has 0 aromatic heterocycles. The third kappa shape index (κ3) is 2.69. The van der Waals surface area contributed by atoms with Gasteiger partial charge in [-0.15, -0.1) is 0 Å². The first kappa shape index (κ1) is 15.3. The molecule has 0 radical (unpaired) electrons. The second kappa shape index (κ2) is 5.74. The quantitative estimate of drug-likeness (QED) is 0.894. The van der Waals surface area contributed by atoms with Crippen LogP contribution in [0.2, 0.25) is 0 Å². The lowest BCUT2D eigenvalue weighted by Crippen LogP contribution is -2.56. The van der Waals surface area contributed by atoms with Crippen LogP contribution in [-0.2, 0) is 0 Å². The molecule has 2 rings (SSSR count). The van der Waals surface area contributed by atoms with Gasteiger partial charge in [0.2, 0.25) is 0 Å². The molecule has 0 saturated heterocycles. The van der Waals surface area contributed by atoms with Gasteiger partial charge < -0.3 is 14.9 Å². The number of nitrogens with zero attached hydrogens (tertiary/aromatic N) is 2. The Labute approximate surface area is 128 Å². The average molecular weight is 341 g/mol. The topological polar surface area (TPSA) is 43.8 Å². The van der Waals surface area contributed by atoms with Crippen molar-refractivity contribution < 1.29 is 9.90 Å². The summed E-state index contributed by atoms with van der Waals surface area (Å²) < 4.78 is 0.627.